The van der Waals surface area contributed by atoms with Crippen LogP contribution in [-0.4, -0.2) is 38.6 Å². The quantitative estimate of drug-likeness (QED) is 0.662. The molecule has 0 fully saturated rings. The first kappa shape index (κ1) is 18.5. The molecular formula is C13H18F3N3O2S. The summed E-state index contributed by atoms with van der Waals surface area (Å²) in [7, 11) is 0. The average Bonchev–Trinajstić information content (AvgIpc) is 2.33. The van der Waals surface area contributed by atoms with E-state index in [9.17, 15) is 22.8 Å². The number of hydrogen-bond acceptors (Lipinski definition) is 4. The number of carbonyl (C=O) groups is 1. The molecule has 1 aromatic heterocycles. The zero-order chi connectivity index (χ0) is 17.1. The maximum absolute atomic E-state index is 12.6. The van der Waals surface area contributed by atoms with Crippen LogP contribution < -0.4 is 5.56 Å². The van der Waals surface area contributed by atoms with E-state index in [2.05, 4.69) is 9.97 Å². The summed E-state index contributed by atoms with van der Waals surface area (Å²) in [5.41, 5.74) is -2.17. The lowest BCUT2D eigenvalue weighted by Gasteiger charge is -2.30. The van der Waals surface area contributed by atoms with E-state index < -0.39 is 17.4 Å². The molecular weight excluding hydrogens is 319 g/mol. The van der Waals surface area contributed by atoms with Crippen LogP contribution in [-0.2, 0) is 11.0 Å². The standard InChI is InChI=1S/C13H18F3N3O2S/c1-7(2)19(8(3)4)11(21)6-22-12-17-9(13(14,15)16)5-10(20)18-12/h5,7-8H,6H2,1-4H3,(H,17,18,20). The first-order chi connectivity index (χ1) is 10.0. The van der Waals surface area contributed by atoms with Gasteiger partial charge >= 0.3 is 6.18 Å². The van der Waals surface area contributed by atoms with Gasteiger partial charge in [-0.05, 0) is 27.7 Å². The number of carbonyl (C=O) groups excluding carboxylic acids is 1. The summed E-state index contributed by atoms with van der Waals surface area (Å²) >= 11 is 0.778. The highest BCUT2D eigenvalue weighted by atomic mass is 32.2. The van der Waals surface area contributed by atoms with Crippen molar-refractivity contribution in [1.82, 2.24) is 14.9 Å². The first-order valence-corrected chi connectivity index (χ1v) is 7.63. The van der Waals surface area contributed by atoms with Gasteiger partial charge in [0.2, 0.25) is 5.91 Å². The van der Waals surface area contributed by atoms with Crippen molar-refractivity contribution in [2.75, 3.05) is 5.75 Å². The van der Waals surface area contributed by atoms with Crippen LogP contribution in [0.1, 0.15) is 33.4 Å². The predicted octanol–water partition coefficient (Wildman–Crippen LogP) is 2.53. The molecule has 0 bridgehead atoms. The lowest BCUT2D eigenvalue weighted by Crippen LogP contribution is -2.43. The minimum Gasteiger partial charge on any atom is -0.337 e. The molecule has 0 saturated carbocycles. The summed E-state index contributed by atoms with van der Waals surface area (Å²) < 4.78 is 37.8. The molecule has 22 heavy (non-hydrogen) atoms. The van der Waals surface area contributed by atoms with Gasteiger partial charge in [0.25, 0.3) is 5.56 Å². The molecule has 9 heteroatoms. The number of hydrogen-bond donors (Lipinski definition) is 1. The fourth-order valence-electron chi connectivity index (χ4n) is 2.03. The molecule has 0 radical (unpaired) electrons. The Morgan fingerprint density at radius 2 is 1.86 bits per heavy atom. The van der Waals surface area contributed by atoms with E-state index in [1.165, 1.54) is 0 Å². The number of nitrogens with one attached hydrogen (secondary N) is 1. The molecule has 5 nitrogen and oxygen atoms in total. The van der Waals surface area contributed by atoms with Gasteiger partial charge in [0.15, 0.2) is 10.9 Å². The summed E-state index contributed by atoms with van der Waals surface area (Å²) in [5, 5.41) is -0.222. The van der Waals surface area contributed by atoms with Gasteiger partial charge in [-0.1, -0.05) is 11.8 Å². The molecule has 1 N–H and O–H groups in total. The number of alkyl halides is 3. The number of aromatic nitrogens is 2. The predicted molar refractivity (Wildman–Crippen MR) is 77.7 cm³/mol. The van der Waals surface area contributed by atoms with E-state index in [0.29, 0.717) is 6.07 Å². The van der Waals surface area contributed by atoms with Crippen molar-refractivity contribution >= 4 is 17.7 Å². The molecule has 0 aliphatic heterocycles. The van der Waals surface area contributed by atoms with Gasteiger partial charge in [-0.3, -0.25) is 9.59 Å². The van der Waals surface area contributed by atoms with Crippen molar-refractivity contribution in [2.24, 2.45) is 0 Å². The van der Waals surface area contributed by atoms with E-state index in [1.807, 2.05) is 27.7 Å². The monoisotopic (exact) mass is 337 g/mol. The van der Waals surface area contributed by atoms with Gasteiger partial charge < -0.3 is 9.88 Å². The first-order valence-electron chi connectivity index (χ1n) is 6.65. The highest BCUT2D eigenvalue weighted by Crippen LogP contribution is 2.27. The van der Waals surface area contributed by atoms with E-state index in [1.54, 1.807) is 4.90 Å². The van der Waals surface area contributed by atoms with Crippen LogP contribution in [0.5, 0.6) is 0 Å². The molecule has 1 heterocycles. The van der Waals surface area contributed by atoms with Crippen LogP contribution in [0.4, 0.5) is 13.2 Å². The van der Waals surface area contributed by atoms with Crippen molar-refractivity contribution < 1.29 is 18.0 Å². The summed E-state index contributed by atoms with van der Waals surface area (Å²) in [6.07, 6.45) is -4.70. The summed E-state index contributed by atoms with van der Waals surface area (Å²) in [5.74, 6) is -0.323. The third kappa shape index (κ3) is 5.04. The smallest absolute Gasteiger partial charge is 0.337 e. The summed E-state index contributed by atoms with van der Waals surface area (Å²) in [6, 6.07) is 0.337. The van der Waals surface area contributed by atoms with Crippen LogP contribution in [0.3, 0.4) is 0 Å². The fraction of sp³-hybridized carbons (Fsp3) is 0.615. The molecule has 1 amide bonds. The molecule has 0 spiro atoms. The van der Waals surface area contributed by atoms with Crippen molar-refractivity contribution in [3.05, 3.63) is 22.1 Å². The third-order valence-electron chi connectivity index (χ3n) is 2.74. The number of thioether (sulfide) groups is 1. The van der Waals surface area contributed by atoms with Crippen LogP contribution in [0.15, 0.2) is 16.0 Å². The average molecular weight is 337 g/mol. The summed E-state index contributed by atoms with van der Waals surface area (Å²) in [4.78, 5) is 30.5. The maximum Gasteiger partial charge on any atom is 0.433 e. The second kappa shape index (κ2) is 7.17. The van der Waals surface area contributed by atoms with Crippen molar-refractivity contribution in [1.29, 1.82) is 0 Å². The van der Waals surface area contributed by atoms with Crippen molar-refractivity contribution in [2.45, 2.75) is 51.1 Å². The molecule has 0 aliphatic carbocycles. The second-order valence-corrected chi connectivity index (χ2v) is 6.17. The van der Waals surface area contributed by atoms with Crippen molar-refractivity contribution in [3.8, 4) is 0 Å². The minimum atomic E-state index is -4.70. The molecule has 124 valence electrons. The number of aromatic amines is 1. The summed E-state index contributed by atoms with van der Waals surface area (Å²) in [6.45, 7) is 7.42. The topological polar surface area (TPSA) is 66.1 Å². The van der Waals surface area contributed by atoms with Gasteiger partial charge in [-0.2, -0.15) is 13.2 Å². The molecule has 0 unspecified atom stereocenters. The van der Waals surface area contributed by atoms with Gasteiger partial charge in [0, 0.05) is 18.2 Å². The second-order valence-electron chi connectivity index (χ2n) is 5.21. The molecule has 0 aliphatic rings. The lowest BCUT2D eigenvalue weighted by atomic mass is 10.2. The number of H-pyrrole nitrogens is 1. The third-order valence-corrected chi connectivity index (χ3v) is 3.60. The van der Waals surface area contributed by atoms with E-state index in [0.717, 1.165) is 11.8 Å². The van der Waals surface area contributed by atoms with Crippen LogP contribution in [0.2, 0.25) is 0 Å². The molecule has 0 aromatic carbocycles. The minimum absolute atomic E-state index is 0.0263. The Balaban J connectivity index is 2.86. The molecule has 0 saturated heterocycles. The van der Waals surface area contributed by atoms with Crippen LogP contribution in [0, 0.1) is 0 Å². The number of halogens is 3. The van der Waals surface area contributed by atoms with Gasteiger partial charge in [0.1, 0.15) is 0 Å². The Kier molecular flexibility index (Phi) is 6.04. The SMILES string of the molecule is CC(C)N(C(=O)CSc1nc(C(F)(F)F)cc(=O)[nH]1)C(C)C. The Hall–Kier alpha value is -1.51. The molecule has 1 rings (SSSR count). The number of rotatable bonds is 5. The van der Waals surface area contributed by atoms with Crippen LogP contribution >= 0.6 is 11.8 Å². The van der Waals surface area contributed by atoms with Crippen LogP contribution in [0.25, 0.3) is 0 Å². The Bertz CT molecular complexity index is 577. The lowest BCUT2D eigenvalue weighted by molar-refractivity contribution is -0.141. The van der Waals surface area contributed by atoms with E-state index in [4.69, 9.17) is 0 Å². The molecule has 1 aromatic rings. The number of nitrogens with zero attached hydrogens (tertiary/aromatic N) is 2. The van der Waals surface area contributed by atoms with Gasteiger partial charge in [-0.25, -0.2) is 4.98 Å². The highest BCUT2D eigenvalue weighted by Gasteiger charge is 2.33. The maximum atomic E-state index is 12.6. The normalized spacial score (nSPS) is 12.0. The zero-order valence-electron chi connectivity index (χ0n) is 12.7. The van der Waals surface area contributed by atoms with E-state index >= 15 is 0 Å². The Morgan fingerprint density at radius 3 is 2.32 bits per heavy atom. The Labute approximate surface area is 130 Å². The fourth-order valence-corrected chi connectivity index (χ4v) is 2.77. The molecule has 0 atom stereocenters. The van der Waals surface area contributed by atoms with Gasteiger partial charge in [0.05, 0.1) is 5.75 Å². The zero-order valence-corrected chi connectivity index (χ0v) is 13.5. The van der Waals surface area contributed by atoms with E-state index in [-0.39, 0.29) is 28.9 Å². The highest BCUT2D eigenvalue weighted by molar-refractivity contribution is 7.99. The largest absolute Gasteiger partial charge is 0.433 e. The number of amides is 1. The van der Waals surface area contributed by atoms with Gasteiger partial charge in [-0.15, -0.1) is 0 Å². The van der Waals surface area contributed by atoms with Crippen molar-refractivity contribution in [3.63, 3.8) is 0 Å². The Morgan fingerprint density at radius 1 is 1.32 bits per heavy atom.